The normalized spacial score (nSPS) is 44.6. The standard InChI is InChI=1S/C33H48N2O3/c1-6-30(37)34-13-14-35-19-20(2)15-29-31(35)22(4)33(38-29)12-10-25-26-8-7-23-16-24(36)9-11-32(23,5)28(26)17-27(25)21(3)18-33/h6,16,20,22,25-26,28-29,31H,1,7-15,17-19H2,2-5H3,(H,34,37)/t20-,22+,25-,26-,28-,29+,31-,32-,33-/m0/s1. The van der Waals surface area contributed by atoms with Gasteiger partial charge in [-0.15, -0.1) is 0 Å². The minimum Gasteiger partial charge on any atom is -0.369 e. The van der Waals surface area contributed by atoms with Crippen molar-refractivity contribution in [2.75, 3.05) is 19.6 Å². The zero-order valence-corrected chi connectivity index (χ0v) is 24.1. The van der Waals surface area contributed by atoms with Crippen LogP contribution >= 0.6 is 0 Å². The summed E-state index contributed by atoms with van der Waals surface area (Å²) in [6.07, 6.45) is 13.7. The highest BCUT2D eigenvalue weighted by molar-refractivity contribution is 5.91. The molecule has 6 rings (SSSR count). The average Bonchev–Trinajstić information content (AvgIpc) is 3.34. The van der Waals surface area contributed by atoms with E-state index in [2.05, 4.69) is 44.5 Å². The number of hydrogen-bond acceptors (Lipinski definition) is 4. The molecule has 0 bridgehead atoms. The van der Waals surface area contributed by atoms with E-state index in [0.717, 1.165) is 57.5 Å². The molecule has 2 saturated carbocycles. The summed E-state index contributed by atoms with van der Waals surface area (Å²) in [7, 11) is 0. The highest BCUT2D eigenvalue weighted by Gasteiger charge is 2.59. The number of nitrogens with one attached hydrogen (secondary N) is 1. The molecule has 2 aliphatic heterocycles. The predicted molar refractivity (Wildman–Crippen MR) is 150 cm³/mol. The number of rotatable bonds is 4. The first-order valence-electron chi connectivity index (χ1n) is 15.4. The Labute approximate surface area is 229 Å². The molecule has 5 nitrogen and oxygen atoms in total. The van der Waals surface area contributed by atoms with Crippen LogP contribution in [0.25, 0.3) is 0 Å². The van der Waals surface area contributed by atoms with E-state index in [1.807, 2.05) is 6.08 Å². The van der Waals surface area contributed by atoms with Crippen molar-refractivity contribution < 1.29 is 14.3 Å². The zero-order chi connectivity index (χ0) is 26.8. The van der Waals surface area contributed by atoms with Gasteiger partial charge in [-0.05, 0) is 99.5 Å². The molecule has 2 heterocycles. The number of ketones is 1. The third kappa shape index (κ3) is 4.18. The lowest BCUT2D eigenvalue weighted by molar-refractivity contribution is -0.117. The number of carbonyl (C=O) groups is 2. The van der Waals surface area contributed by atoms with Gasteiger partial charge >= 0.3 is 0 Å². The van der Waals surface area contributed by atoms with E-state index in [4.69, 9.17) is 4.74 Å². The first-order valence-corrected chi connectivity index (χ1v) is 15.4. The van der Waals surface area contributed by atoms with Crippen LogP contribution in [0.5, 0.6) is 0 Å². The van der Waals surface area contributed by atoms with Crippen LogP contribution in [0, 0.1) is 35.0 Å². The van der Waals surface area contributed by atoms with Crippen LogP contribution < -0.4 is 5.32 Å². The zero-order valence-electron chi connectivity index (χ0n) is 24.1. The predicted octanol–water partition coefficient (Wildman–Crippen LogP) is 5.61. The van der Waals surface area contributed by atoms with Crippen molar-refractivity contribution in [1.29, 1.82) is 0 Å². The Balaban J connectivity index is 1.23. The van der Waals surface area contributed by atoms with Crippen molar-refractivity contribution >= 4 is 11.7 Å². The molecule has 0 aromatic heterocycles. The van der Waals surface area contributed by atoms with Crippen molar-refractivity contribution in [3.8, 4) is 0 Å². The van der Waals surface area contributed by atoms with Crippen LogP contribution in [0.15, 0.2) is 35.5 Å². The second-order valence-electron chi connectivity index (χ2n) is 14.0. The van der Waals surface area contributed by atoms with Crippen LogP contribution in [-0.4, -0.2) is 54.0 Å². The number of ether oxygens (including phenoxy) is 1. The Morgan fingerprint density at radius 1 is 1.26 bits per heavy atom. The second-order valence-corrected chi connectivity index (χ2v) is 14.0. The maximum Gasteiger partial charge on any atom is 0.243 e. The summed E-state index contributed by atoms with van der Waals surface area (Å²) in [5, 5.41) is 2.99. The molecule has 2 saturated heterocycles. The molecule has 4 fully saturated rings. The fourth-order valence-corrected chi connectivity index (χ4v) is 10.2. The minimum atomic E-state index is -0.0892. The largest absolute Gasteiger partial charge is 0.369 e. The SMILES string of the molecule is C=CC(=O)NCCN1C[C@@H](C)C[C@H]2O[C@]3(CC[C@@H]4C(=C(C)C3)C[C@H]3[C@H]4CCC4=CC(=O)CC[C@@]43C)[C@H](C)[C@@H]21. The van der Waals surface area contributed by atoms with Gasteiger partial charge in [0.05, 0.1) is 11.7 Å². The highest BCUT2D eigenvalue weighted by Crippen LogP contribution is 2.64. The van der Waals surface area contributed by atoms with Crippen molar-refractivity contribution in [3.63, 3.8) is 0 Å². The number of nitrogens with zero attached hydrogens (tertiary/aromatic N) is 1. The minimum absolute atomic E-state index is 0.0696. The van der Waals surface area contributed by atoms with Crippen molar-refractivity contribution in [1.82, 2.24) is 10.2 Å². The third-order valence-electron chi connectivity index (χ3n) is 12.0. The molecular formula is C33H48N2O3. The maximum atomic E-state index is 12.2. The van der Waals surface area contributed by atoms with Gasteiger partial charge in [-0.3, -0.25) is 14.5 Å². The van der Waals surface area contributed by atoms with Gasteiger partial charge in [0, 0.05) is 38.0 Å². The average molecular weight is 521 g/mol. The van der Waals surface area contributed by atoms with Crippen LogP contribution in [0.4, 0.5) is 0 Å². The van der Waals surface area contributed by atoms with Crippen molar-refractivity contribution in [2.24, 2.45) is 35.0 Å². The summed E-state index contributed by atoms with van der Waals surface area (Å²) in [4.78, 5) is 26.6. The van der Waals surface area contributed by atoms with Gasteiger partial charge < -0.3 is 10.1 Å². The number of carbonyl (C=O) groups excluding carboxylic acids is 2. The Morgan fingerprint density at radius 3 is 2.87 bits per heavy atom. The lowest BCUT2D eigenvalue weighted by Crippen LogP contribution is -2.53. The fraction of sp³-hybridized carbons (Fsp3) is 0.758. The van der Waals surface area contributed by atoms with Gasteiger partial charge in [0.1, 0.15) is 0 Å². The fourth-order valence-electron chi connectivity index (χ4n) is 10.2. The molecule has 208 valence electrons. The topological polar surface area (TPSA) is 58.6 Å². The summed E-state index contributed by atoms with van der Waals surface area (Å²) < 4.78 is 7.20. The van der Waals surface area contributed by atoms with Gasteiger partial charge in [-0.1, -0.05) is 44.1 Å². The van der Waals surface area contributed by atoms with E-state index >= 15 is 0 Å². The Hall–Kier alpha value is -1.72. The highest BCUT2D eigenvalue weighted by atomic mass is 16.5. The van der Waals surface area contributed by atoms with Gasteiger partial charge in [0.2, 0.25) is 5.91 Å². The van der Waals surface area contributed by atoms with Crippen LogP contribution in [0.3, 0.4) is 0 Å². The van der Waals surface area contributed by atoms with Crippen LogP contribution in [0.1, 0.15) is 85.5 Å². The molecule has 1 N–H and O–H groups in total. The van der Waals surface area contributed by atoms with E-state index in [1.165, 1.54) is 30.9 Å². The van der Waals surface area contributed by atoms with Crippen LogP contribution in [-0.2, 0) is 14.3 Å². The molecule has 1 spiro atoms. The summed E-state index contributed by atoms with van der Waals surface area (Å²) in [5.41, 5.74) is 4.96. The summed E-state index contributed by atoms with van der Waals surface area (Å²) in [5.74, 6) is 3.49. The smallest absolute Gasteiger partial charge is 0.243 e. The Kier molecular flexibility index (Phi) is 6.78. The summed E-state index contributed by atoms with van der Waals surface area (Å²) in [6.45, 7) is 15.9. The molecule has 38 heavy (non-hydrogen) atoms. The van der Waals surface area contributed by atoms with Gasteiger partial charge in [-0.25, -0.2) is 0 Å². The number of likely N-dealkylation sites (tertiary alicyclic amines) is 1. The first kappa shape index (κ1) is 26.5. The van der Waals surface area contributed by atoms with Crippen molar-refractivity contribution in [3.05, 3.63) is 35.5 Å². The third-order valence-corrected chi connectivity index (χ3v) is 12.0. The monoisotopic (exact) mass is 520 g/mol. The van der Waals surface area contributed by atoms with E-state index in [9.17, 15) is 9.59 Å². The molecular weight excluding hydrogens is 472 g/mol. The Bertz CT molecular complexity index is 1080. The quantitative estimate of drug-likeness (QED) is 0.386. The Morgan fingerprint density at radius 2 is 2.08 bits per heavy atom. The van der Waals surface area contributed by atoms with E-state index in [-0.39, 0.29) is 23.0 Å². The van der Waals surface area contributed by atoms with Crippen molar-refractivity contribution in [2.45, 2.75) is 103 Å². The first-order chi connectivity index (χ1) is 18.1. The lowest BCUT2D eigenvalue weighted by atomic mass is 9.56. The number of fused-ring (bicyclic) bond motifs is 6. The van der Waals surface area contributed by atoms with Gasteiger partial charge in [0.25, 0.3) is 0 Å². The molecule has 6 aliphatic rings. The number of hydrogen-bond donors (Lipinski definition) is 1. The molecule has 1 amide bonds. The molecule has 4 aliphatic carbocycles. The second kappa shape index (κ2) is 9.73. The summed E-state index contributed by atoms with van der Waals surface area (Å²) in [6, 6.07) is 0.427. The molecule has 0 aromatic rings. The number of piperidine rings is 1. The number of allylic oxidation sites excluding steroid dienone is 3. The maximum absolute atomic E-state index is 12.2. The molecule has 0 unspecified atom stereocenters. The lowest BCUT2D eigenvalue weighted by Gasteiger charge is -2.48. The van der Waals surface area contributed by atoms with Gasteiger partial charge in [0.15, 0.2) is 5.78 Å². The van der Waals surface area contributed by atoms with E-state index < -0.39 is 0 Å². The van der Waals surface area contributed by atoms with E-state index in [0.29, 0.717) is 42.0 Å². The molecule has 0 aromatic carbocycles. The van der Waals surface area contributed by atoms with Crippen LogP contribution in [0.2, 0.25) is 0 Å². The van der Waals surface area contributed by atoms with E-state index in [1.54, 1.807) is 11.1 Å². The molecule has 0 radical (unpaired) electrons. The molecule has 9 atom stereocenters. The number of amides is 1. The molecule has 5 heteroatoms. The van der Waals surface area contributed by atoms with Gasteiger partial charge in [-0.2, -0.15) is 0 Å². The summed E-state index contributed by atoms with van der Waals surface area (Å²) >= 11 is 0.